The number of benzene rings is 2. The van der Waals surface area contributed by atoms with Crippen molar-refractivity contribution in [2.45, 2.75) is 0 Å². The fourth-order valence-electron chi connectivity index (χ4n) is 2.24. The van der Waals surface area contributed by atoms with E-state index < -0.39 is 6.09 Å². The van der Waals surface area contributed by atoms with Gasteiger partial charge in [0.15, 0.2) is 6.79 Å². The van der Waals surface area contributed by atoms with E-state index in [1.54, 1.807) is 19.2 Å². The molecule has 0 aliphatic rings. The van der Waals surface area contributed by atoms with E-state index in [4.69, 9.17) is 14.2 Å². The monoisotopic (exact) mass is 448 g/mol. The van der Waals surface area contributed by atoms with Gasteiger partial charge in [0.2, 0.25) is 0 Å². The quantitative estimate of drug-likeness (QED) is 0.541. The van der Waals surface area contributed by atoms with Gasteiger partial charge in [-0.3, -0.25) is 0 Å². The lowest BCUT2D eigenvalue weighted by molar-refractivity contribution is 0.0506. The third-order valence-corrected chi connectivity index (χ3v) is 5.10. The molecule has 1 aromatic heterocycles. The van der Waals surface area contributed by atoms with Crippen molar-refractivity contribution in [3.8, 4) is 11.5 Å². The third-order valence-electron chi connectivity index (χ3n) is 3.50. The summed E-state index contributed by atoms with van der Waals surface area (Å²) >= 11 is 5.01. The number of nitrogens with zero attached hydrogens (tertiary/aromatic N) is 1. The minimum absolute atomic E-state index is 0.200. The maximum Gasteiger partial charge on any atom is 0.412 e. The predicted molar refractivity (Wildman–Crippen MR) is 110 cm³/mol. The largest absolute Gasteiger partial charge is 0.466 e. The first kappa shape index (κ1) is 19.3. The van der Waals surface area contributed by atoms with E-state index >= 15 is 0 Å². The molecule has 0 saturated carbocycles. The molecule has 3 rings (SSSR count). The fourth-order valence-corrected chi connectivity index (χ4v) is 3.65. The number of aromatic nitrogens is 1. The zero-order chi connectivity index (χ0) is 19.2. The first-order valence-electron chi connectivity index (χ1n) is 7.98. The topological polar surface area (TPSA) is 69.7 Å². The van der Waals surface area contributed by atoms with Gasteiger partial charge in [-0.05, 0) is 51.8 Å². The van der Waals surface area contributed by atoms with Crippen LogP contribution in [0.25, 0.3) is 22.4 Å². The van der Waals surface area contributed by atoms with Gasteiger partial charge in [-0.1, -0.05) is 12.1 Å². The van der Waals surface area contributed by atoms with Crippen molar-refractivity contribution in [2.75, 3.05) is 21.0 Å². The maximum atomic E-state index is 11.3. The summed E-state index contributed by atoms with van der Waals surface area (Å²) in [5, 5.41) is 3.28. The normalized spacial score (nSPS) is 11.1. The summed E-state index contributed by atoms with van der Waals surface area (Å²) in [6, 6.07) is 11.2. The molecular weight excluding hydrogens is 432 g/mol. The molecule has 0 radical (unpaired) electrons. The van der Waals surface area contributed by atoms with Crippen LogP contribution < -0.4 is 14.8 Å². The average molecular weight is 449 g/mol. The molecule has 27 heavy (non-hydrogen) atoms. The number of thiazole rings is 1. The van der Waals surface area contributed by atoms with E-state index in [1.807, 2.05) is 36.4 Å². The highest BCUT2D eigenvalue weighted by Crippen LogP contribution is 2.29. The average Bonchev–Trinajstić information content (AvgIpc) is 3.07. The highest BCUT2D eigenvalue weighted by molar-refractivity contribution is 9.10. The molecule has 0 atom stereocenters. The molecule has 3 aromatic rings. The van der Waals surface area contributed by atoms with Gasteiger partial charge in [-0.25, -0.2) is 9.78 Å². The fraction of sp³-hybridized carbons (Fsp3) is 0.158. The minimum Gasteiger partial charge on any atom is -0.466 e. The molecule has 6 nitrogen and oxygen atoms in total. The van der Waals surface area contributed by atoms with Crippen LogP contribution >= 0.6 is 27.3 Å². The van der Waals surface area contributed by atoms with Crippen molar-refractivity contribution in [1.29, 1.82) is 0 Å². The highest BCUT2D eigenvalue weighted by Gasteiger charge is 2.07. The van der Waals surface area contributed by atoms with Crippen molar-refractivity contribution >= 4 is 55.7 Å². The molecule has 1 amide bonds. The van der Waals surface area contributed by atoms with Crippen molar-refractivity contribution < 1.29 is 19.0 Å². The lowest BCUT2D eigenvalue weighted by atomic mass is 10.2. The number of amides is 1. The molecule has 140 valence electrons. The number of hydrogen-bond acceptors (Lipinski definition) is 6. The Labute approximate surface area is 168 Å². The summed E-state index contributed by atoms with van der Waals surface area (Å²) in [6.07, 6.45) is 3.42. The van der Waals surface area contributed by atoms with Crippen LogP contribution in [-0.4, -0.2) is 32.0 Å². The molecule has 8 heteroatoms. The Bertz CT molecular complexity index is 987. The van der Waals surface area contributed by atoms with Gasteiger partial charge in [0.1, 0.15) is 16.5 Å². The molecule has 0 spiro atoms. The number of carbonyl (C=O) groups excluding carboxylic acids is 1. The molecule has 0 bridgehead atoms. The van der Waals surface area contributed by atoms with Crippen molar-refractivity contribution in [1.82, 2.24) is 10.3 Å². The number of halogens is 1. The molecule has 0 aliphatic heterocycles. The first-order valence-corrected chi connectivity index (χ1v) is 9.59. The predicted octanol–water partition coefficient (Wildman–Crippen LogP) is 4.93. The number of methoxy groups -OCH3 is 1. The first-order chi connectivity index (χ1) is 13.1. The van der Waals surface area contributed by atoms with Gasteiger partial charge in [0.05, 0.1) is 14.7 Å². The number of rotatable bonds is 6. The standard InChI is InChI=1S/C19H17BrN2O4S/c1-21-19(23)26-13-5-6-15-17(10-13)27-18(22-15)8-4-12-3-7-16(14(20)9-12)25-11-24-2/h3-10H,11H2,1-2H3,(H,21,23). The van der Waals surface area contributed by atoms with Crippen LogP contribution in [-0.2, 0) is 4.74 Å². The van der Waals surface area contributed by atoms with Gasteiger partial charge < -0.3 is 19.5 Å². The Hall–Kier alpha value is -2.42. The van der Waals surface area contributed by atoms with E-state index in [2.05, 4.69) is 26.2 Å². The van der Waals surface area contributed by atoms with Gasteiger partial charge in [0, 0.05) is 20.2 Å². The molecular formula is C19H17BrN2O4S. The molecule has 0 aliphatic carbocycles. The maximum absolute atomic E-state index is 11.3. The molecule has 0 unspecified atom stereocenters. The van der Waals surface area contributed by atoms with Crippen LogP contribution in [0.15, 0.2) is 40.9 Å². The summed E-state index contributed by atoms with van der Waals surface area (Å²) < 4.78 is 17.3. The van der Waals surface area contributed by atoms with Crippen LogP contribution in [0.5, 0.6) is 11.5 Å². The molecule has 0 saturated heterocycles. The SMILES string of the molecule is CNC(=O)Oc1ccc2nc(C=Cc3ccc(OCOC)c(Br)c3)sc2c1. The number of nitrogens with one attached hydrogen (secondary N) is 1. The van der Waals surface area contributed by atoms with Gasteiger partial charge >= 0.3 is 6.09 Å². The third kappa shape index (κ3) is 5.06. The Morgan fingerprint density at radius 2 is 2.11 bits per heavy atom. The summed E-state index contributed by atoms with van der Waals surface area (Å²) in [6.45, 7) is 0.200. The van der Waals surface area contributed by atoms with E-state index in [0.717, 1.165) is 31.0 Å². The van der Waals surface area contributed by atoms with Crippen LogP contribution in [0.1, 0.15) is 10.6 Å². The Morgan fingerprint density at radius 3 is 2.85 bits per heavy atom. The second kappa shape index (κ2) is 8.98. The second-order valence-corrected chi connectivity index (χ2v) is 7.31. The van der Waals surface area contributed by atoms with Crippen molar-refractivity contribution in [3.63, 3.8) is 0 Å². The van der Waals surface area contributed by atoms with Crippen molar-refractivity contribution in [3.05, 3.63) is 51.4 Å². The van der Waals surface area contributed by atoms with Crippen LogP contribution in [0, 0.1) is 0 Å². The van der Waals surface area contributed by atoms with Crippen LogP contribution in [0.3, 0.4) is 0 Å². The molecule has 1 N–H and O–H groups in total. The van der Waals surface area contributed by atoms with E-state index in [9.17, 15) is 4.79 Å². The number of hydrogen-bond donors (Lipinski definition) is 1. The smallest absolute Gasteiger partial charge is 0.412 e. The summed E-state index contributed by atoms with van der Waals surface area (Å²) in [4.78, 5) is 15.9. The Morgan fingerprint density at radius 1 is 1.26 bits per heavy atom. The highest BCUT2D eigenvalue weighted by atomic mass is 79.9. The molecule has 2 aromatic carbocycles. The lowest BCUT2D eigenvalue weighted by Crippen LogP contribution is -2.21. The van der Waals surface area contributed by atoms with Gasteiger partial charge in [0.25, 0.3) is 0 Å². The number of ether oxygens (including phenoxy) is 3. The van der Waals surface area contributed by atoms with E-state index in [1.165, 1.54) is 18.4 Å². The summed E-state index contributed by atoms with van der Waals surface area (Å²) in [5.41, 5.74) is 1.86. The van der Waals surface area contributed by atoms with Crippen LogP contribution in [0.2, 0.25) is 0 Å². The molecule has 0 fully saturated rings. The van der Waals surface area contributed by atoms with Crippen molar-refractivity contribution in [2.24, 2.45) is 0 Å². The number of fused-ring (bicyclic) bond motifs is 1. The minimum atomic E-state index is -0.498. The van der Waals surface area contributed by atoms with Gasteiger partial charge in [-0.2, -0.15) is 0 Å². The van der Waals surface area contributed by atoms with Crippen LogP contribution in [0.4, 0.5) is 4.79 Å². The lowest BCUT2D eigenvalue weighted by Gasteiger charge is -2.07. The Balaban J connectivity index is 1.75. The summed E-state index contributed by atoms with van der Waals surface area (Å²) in [5.74, 6) is 1.20. The zero-order valence-corrected chi connectivity index (χ0v) is 17.1. The van der Waals surface area contributed by atoms with Gasteiger partial charge in [-0.15, -0.1) is 11.3 Å². The van der Waals surface area contributed by atoms with E-state index in [-0.39, 0.29) is 6.79 Å². The second-order valence-electron chi connectivity index (χ2n) is 5.40. The molecule has 1 heterocycles. The van der Waals surface area contributed by atoms with E-state index in [0.29, 0.717) is 5.75 Å². The zero-order valence-electron chi connectivity index (χ0n) is 14.7. The summed E-state index contributed by atoms with van der Waals surface area (Å²) in [7, 11) is 3.10. The number of carbonyl (C=O) groups is 1. The Kier molecular flexibility index (Phi) is 6.44.